The standard InChI is InChI=1S/C37H34F4N4O6S3/c1-36(2,3)51-35(47)45-11-9-26-28(17-45)53-33(42-26)31-29(24-8-7-23(38)16-27(24)50-13-12-49-4)32-25(10-14-52-32)30(43-31)20-5-6-21-18-54(48,19-22(21)15-20)44-34(46)37(39,40)41/h5-8,10,14-16H,9,11-13,17-19H2,1-4H3. The van der Waals surface area contributed by atoms with Gasteiger partial charge in [-0.25, -0.2) is 23.4 Å². The molecule has 0 saturated heterocycles. The van der Waals surface area contributed by atoms with Crippen LogP contribution in [0.2, 0.25) is 0 Å². The van der Waals surface area contributed by atoms with Gasteiger partial charge in [0.05, 0.1) is 45.8 Å². The van der Waals surface area contributed by atoms with Crippen molar-refractivity contribution < 1.29 is 45.6 Å². The third kappa shape index (κ3) is 7.72. The molecule has 5 aromatic rings. The fraction of sp³-hybridized carbons (Fsp3) is 0.351. The molecule has 2 aliphatic heterocycles. The number of ether oxygens (including phenoxy) is 3. The van der Waals surface area contributed by atoms with E-state index in [0.29, 0.717) is 63.7 Å². The number of methoxy groups -OCH3 is 1. The Morgan fingerprint density at radius 2 is 1.78 bits per heavy atom. The molecule has 2 aromatic carbocycles. The van der Waals surface area contributed by atoms with Gasteiger partial charge < -0.3 is 19.1 Å². The summed E-state index contributed by atoms with van der Waals surface area (Å²) in [4.78, 5) is 37.4. The number of hydrogen-bond donors (Lipinski definition) is 0. The van der Waals surface area contributed by atoms with E-state index < -0.39 is 39.3 Å². The summed E-state index contributed by atoms with van der Waals surface area (Å²) in [6, 6.07) is 11.3. The average molecular weight is 803 g/mol. The molecule has 284 valence electrons. The second kappa shape index (κ2) is 14.3. The van der Waals surface area contributed by atoms with Gasteiger partial charge in [-0.05, 0) is 61.5 Å². The topological polar surface area (TPSA) is 120 Å². The highest BCUT2D eigenvalue weighted by Gasteiger charge is 2.41. The molecule has 0 bridgehead atoms. The number of aromatic nitrogens is 2. The molecule has 0 spiro atoms. The Morgan fingerprint density at radius 1 is 1.00 bits per heavy atom. The van der Waals surface area contributed by atoms with E-state index in [0.717, 1.165) is 20.7 Å². The first-order chi connectivity index (χ1) is 25.5. The number of fused-ring (bicyclic) bond motifs is 3. The van der Waals surface area contributed by atoms with Gasteiger partial charge in [-0.2, -0.15) is 17.5 Å². The van der Waals surface area contributed by atoms with Gasteiger partial charge in [0, 0.05) is 57.8 Å². The maximum absolute atomic E-state index is 14.7. The summed E-state index contributed by atoms with van der Waals surface area (Å²) < 4.78 is 87.8. The van der Waals surface area contributed by atoms with Gasteiger partial charge in [-0.3, -0.25) is 4.79 Å². The molecule has 3 aromatic heterocycles. The lowest BCUT2D eigenvalue weighted by molar-refractivity contribution is -0.169. The molecular weight excluding hydrogens is 769 g/mol. The Kier molecular flexibility index (Phi) is 10.0. The molecule has 2 amide bonds. The normalized spacial score (nSPS) is 17.0. The maximum atomic E-state index is 14.7. The van der Waals surface area contributed by atoms with Crippen LogP contribution in [0.15, 0.2) is 52.2 Å². The molecule has 7 rings (SSSR count). The molecule has 1 unspecified atom stereocenters. The first-order valence-electron chi connectivity index (χ1n) is 16.8. The molecule has 1 atom stereocenters. The van der Waals surface area contributed by atoms with Gasteiger partial charge in [-0.15, -0.1) is 22.7 Å². The van der Waals surface area contributed by atoms with E-state index in [2.05, 4.69) is 4.36 Å². The molecular formula is C37H34F4N4O6S3. The number of carbonyl (C=O) groups is 2. The minimum absolute atomic E-state index is 0.159. The zero-order valence-electron chi connectivity index (χ0n) is 29.5. The van der Waals surface area contributed by atoms with Crippen LogP contribution in [0.5, 0.6) is 5.75 Å². The van der Waals surface area contributed by atoms with Gasteiger partial charge in [0.25, 0.3) is 0 Å². The summed E-state index contributed by atoms with van der Waals surface area (Å²) in [5, 5.41) is 3.18. The number of alkyl halides is 3. The fourth-order valence-electron chi connectivity index (χ4n) is 6.34. The Morgan fingerprint density at radius 3 is 2.52 bits per heavy atom. The van der Waals surface area contributed by atoms with E-state index in [1.807, 2.05) is 32.2 Å². The Labute approximate surface area is 316 Å². The average Bonchev–Trinajstić information content (AvgIpc) is 3.83. The van der Waals surface area contributed by atoms with Crippen molar-refractivity contribution in [3.8, 4) is 38.8 Å². The predicted molar refractivity (Wildman–Crippen MR) is 198 cm³/mol. The second-order valence-electron chi connectivity index (χ2n) is 13.8. The summed E-state index contributed by atoms with van der Waals surface area (Å²) >= 11 is 2.82. The molecule has 2 aliphatic rings. The quantitative estimate of drug-likeness (QED) is 0.118. The van der Waals surface area contributed by atoms with Crippen LogP contribution in [0.4, 0.5) is 22.4 Å². The first kappa shape index (κ1) is 37.8. The summed E-state index contributed by atoms with van der Waals surface area (Å²) in [5.74, 6) is -3.18. The number of amides is 2. The van der Waals surface area contributed by atoms with Crippen molar-refractivity contribution in [2.24, 2.45) is 4.36 Å². The fourth-order valence-corrected chi connectivity index (χ4v) is 10.6. The Balaban J connectivity index is 1.37. The predicted octanol–water partition coefficient (Wildman–Crippen LogP) is 8.78. The number of halogens is 4. The highest BCUT2D eigenvalue weighted by molar-refractivity contribution is 7.92. The van der Waals surface area contributed by atoms with Crippen LogP contribution in [-0.4, -0.2) is 69.7 Å². The van der Waals surface area contributed by atoms with Crippen molar-refractivity contribution in [2.75, 3.05) is 26.9 Å². The highest BCUT2D eigenvalue weighted by Crippen LogP contribution is 2.48. The third-order valence-corrected chi connectivity index (χ3v) is 12.7. The Hall–Kier alpha value is -4.45. The first-order valence-corrected chi connectivity index (χ1v) is 20.3. The number of thiazole rings is 1. The van der Waals surface area contributed by atoms with Crippen molar-refractivity contribution in [1.29, 1.82) is 0 Å². The van der Waals surface area contributed by atoms with E-state index in [-0.39, 0.29) is 30.5 Å². The third-order valence-electron chi connectivity index (χ3n) is 8.68. The number of carbonyl (C=O) groups excluding carboxylic acids is 2. The van der Waals surface area contributed by atoms with E-state index in [9.17, 15) is 31.4 Å². The number of hydrogen-bond acceptors (Lipinski definition) is 10. The summed E-state index contributed by atoms with van der Waals surface area (Å²) in [7, 11) is -1.99. The minimum atomic E-state index is -5.22. The second-order valence-corrected chi connectivity index (χ2v) is 18.1. The van der Waals surface area contributed by atoms with Gasteiger partial charge >= 0.3 is 18.2 Å². The van der Waals surface area contributed by atoms with Gasteiger partial charge in [0.1, 0.15) is 34.5 Å². The molecule has 0 saturated carbocycles. The SMILES string of the molecule is COCCOc1cc(F)ccc1-c1c(-c2nc3c(s2)CN(C(=O)OC(C)(C)C)CC3)nc(-c2ccc3c(c2)CS(=O)(=NC(=O)C(F)(F)F)C3)c2ccsc12. The van der Waals surface area contributed by atoms with Crippen molar-refractivity contribution in [2.45, 2.75) is 57.0 Å². The summed E-state index contributed by atoms with van der Waals surface area (Å²) in [5.41, 5.74) is 4.02. The maximum Gasteiger partial charge on any atom is 0.474 e. The minimum Gasteiger partial charge on any atom is -0.490 e. The monoisotopic (exact) mass is 802 g/mol. The van der Waals surface area contributed by atoms with Crippen molar-refractivity contribution in [3.05, 3.63) is 75.4 Å². The summed E-state index contributed by atoms with van der Waals surface area (Å²) in [6.45, 7) is 6.55. The van der Waals surface area contributed by atoms with Crippen LogP contribution < -0.4 is 4.74 Å². The lowest BCUT2D eigenvalue weighted by Gasteiger charge is -2.29. The zero-order chi connectivity index (χ0) is 38.6. The molecule has 17 heteroatoms. The van der Waals surface area contributed by atoms with E-state index in [1.54, 1.807) is 29.2 Å². The van der Waals surface area contributed by atoms with Gasteiger partial charge in [0.2, 0.25) is 0 Å². The molecule has 0 radical (unpaired) electrons. The summed E-state index contributed by atoms with van der Waals surface area (Å²) in [6.07, 6.45) is -5.16. The molecule has 0 fully saturated rings. The van der Waals surface area contributed by atoms with Gasteiger partial charge in [0.15, 0.2) is 0 Å². The van der Waals surface area contributed by atoms with Crippen molar-refractivity contribution in [3.63, 3.8) is 0 Å². The number of pyridine rings is 1. The molecule has 10 nitrogen and oxygen atoms in total. The molecule has 0 aliphatic carbocycles. The lowest BCUT2D eigenvalue weighted by atomic mass is 9.97. The van der Waals surface area contributed by atoms with Crippen LogP contribution in [0.1, 0.15) is 42.5 Å². The van der Waals surface area contributed by atoms with Gasteiger partial charge in [-0.1, -0.05) is 12.1 Å². The van der Waals surface area contributed by atoms with Crippen LogP contribution in [0.25, 0.3) is 43.2 Å². The van der Waals surface area contributed by atoms with Crippen LogP contribution >= 0.6 is 22.7 Å². The van der Waals surface area contributed by atoms with E-state index in [4.69, 9.17) is 24.2 Å². The van der Waals surface area contributed by atoms with Crippen LogP contribution in [-0.2, 0) is 48.5 Å². The largest absolute Gasteiger partial charge is 0.490 e. The number of benzene rings is 2. The van der Waals surface area contributed by atoms with Crippen molar-refractivity contribution in [1.82, 2.24) is 14.9 Å². The van der Waals surface area contributed by atoms with Crippen LogP contribution in [0.3, 0.4) is 0 Å². The number of thiophene rings is 1. The smallest absolute Gasteiger partial charge is 0.474 e. The zero-order valence-corrected chi connectivity index (χ0v) is 32.0. The Bertz CT molecular complexity index is 2430. The number of rotatable bonds is 7. The van der Waals surface area contributed by atoms with E-state index in [1.165, 1.54) is 41.9 Å². The highest BCUT2D eigenvalue weighted by atomic mass is 32.2. The lowest BCUT2D eigenvalue weighted by Crippen LogP contribution is -2.39. The molecule has 0 N–H and O–H groups in total. The van der Waals surface area contributed by atoms with E-state index >= 15 is 0 Å². The number of nitrogens with zero attached hydrogens (tertiary/aromatic N) is 4. The van der Waals surface area contributed by atoms with Crippen LogP contribution in [0, 0.1) is 5.82 Å². The molecule has 5 heterocycles. The van der Waals surface area contributed by atoms with Crippen molar-refractivity contribution >= 4 is 54.5 Å². The molecule has 54 heavy (non-hydrogen) atoms.